The van der Waals surface area contributed by atoms with Gasteiger partial charge in [0.15, 0.2) is 4.34 Å². The Kier molecular flexibility index (Phi) is 7.97. The van der Waals surface area contributed by atoms with Gasteiger partial charge < -0.3 is 9.84 Å². The monoisotopic (exact) mass is 581 g/mol. The molecule has 39 heavy (non-hydrogen) atoms. The lowest BCUT2D eigenvalue weighted by molar-refractivity contribution is -0.132. The second-order valence-corrected chi connectivity index (χ2v) is 11.0. The van der Waals surface area contributed by atoms with E-state index in [9.17, 15) is 19.1 Å². The molecule has 0 radical (unpaired) electrons. The van der Waals surface area contributed by atoms with Crippen LogP contribution in [0.2, 0.25) is 5.02 Å². The largest absolute Gasteiger partial charge is 0.507 e. The minimum atomic E-state index is -1.01. The van der Waals surface area contributed by atoms with Crippen LogP contribution < -0.4 is 9.64 Å². The molecule has 198 valence electrons. The summed E-state index contributed by atoms with van der Waals surface area (Å²) in [5.74, 6) is -1.58. The number of carbonyl (C=O) groups excluding carboxylic acids is 2. The molecule has 1 atom stereocenters. The molecular formula is C28H21ClFN3O4S2. The molecule has 2 heterocycles. The maximum absolute atomic E-state index is 13.5. The summed E-state index contributed by atoms with van der Waals surface area (Å²) in [6.45, 7) is 2.26. The molecule has 3 aromatic carbocycles. The average molecular weight is 582 g/mol. The normalized spacial score (nSPS) is 16.6. The first kappa shape index (κ1) is 26.9. The van der Waals surface area contributed by atoms with Gasteiger partial charge in [-0.1, -0.05) is 65.0 Å². The van der Waals surface area contributed by atoms with Gasteiger partial charge in [0, 0.05) is 16.3 Å². The van der Waals surface area contributed by atoms with Crippen LogP contribution in [0, 0.1) is 5.82 Å². The smallest absolute Gasteiger partial charge is 0.301 e. The quantitative estimate of drug-likeness (QED) is 0.0819. The van der Waals surface area contributed by atoms with Gasteiger partial charge in [0.2, 0.25) is 5.13 Å². The number of aliphatic hydroxyl groups excluding tert-OH is 1. The summed E-state index contributed by atoms with van der Waals surface area (Å²) in [6, 6.07) is 18.4. The average Bonchev–Trinajstić information content (AvgIpc) is 3.50. The lowest BCUT2D eigenvalue weighted by atomic mass is 9.95. The predicted molar refractivity (Wildman–Crippen MR) is 150 cm³/mol. The Morgan fingerprint density at radius 1 is 1.10 bits per heavy atom. The number of carbonyl (C=O) groups is 2. The number of rotatable bonds is 8. The van der Waals surface area contributed by atoms with Gasteiger partial charge in [0.05, 0.1) is 18.2 Å². The lowest BCUT2D eigenvalue weighted by Gasteiger charge is -2.23. The minimum Gasteiger partial charge on any atom is -0.507 e. The van der Waals surface area contributed by atoms with Crippen molar-refractivity contribution in [3.8, 4) is 5.75 Å². The van der Waals surface area contributed by atoms with Gasteiger partial charge in [-0.2, -0.15) is 0 Å². The molecular weight excluding hydrogens is 561 g/mol. The summed E-state index contributed by atoms with van der Waals surface area (Å²) in [6.07, 6.45) is 0. The minimum absolute atomic E-state index is 0.138. The van der Waals surface area contributed by atoms with Crippen molar-refractivity contribution in [2.24, 2.45) is 0 Å². The fourth-order valence-corrected chi connectivity index (χ4v) is 6.32. The Balaban J connectivity index is 1.56. The van der Waals surface area contributed by atoms with Crippen LogP contribution in [-0.4, -0.2) is 33.6 Å². The molecule has 1 N–H and O–H groups in total. The second kappa shape index (κ2) is 11.6. The standard InChI is InChI=1S/C28H21ClFN3O4S2/c1-2-37-20-8-5-7-17(14-20)23-22(24(34)16-10-12-19(30)13-11-16)25(35)26(36)33(23)27-31-32-28(39-27)38-15-18-6-3-4-9-21(18)29/h3-14,23,34H,2,15H2,1H3. The van der Waals surface area contributed by atoms with Gasteiger partial charge >= 0.3 is 5.91 Å². The first-order chi connectivity index (χ1) is 18.9. The first-order valence-corrected chi connectivity index (χ1v) is 14.0. The Labute approximate surface area is 236 Å². The van der Waals surface area contributed by atoms with E-state index in [4.69, 9.17) is 16.3 Å². The van der Waals surface area contributed by atoms with E-state index >= 15 is 0 Å². The fraction of sp³-hybridized carbons (Fsp3) is 0.143. The predicted octanol–water partition coefficient (Wildman–Crippen LogP) is 6.65. The molecule has 4 aromatic rings. The third-order valence-corrected chi connectivity index (χ3v) is 8.43. The molecule has 0 aliphatic carbocycles. The zero-order valence-corrected chi connectivity index (χ0v) is 22.9. The van der Waals surface area contributed by atoms with Gasteiger partial charge in [0.25, 0.3) is 5.78 Å². The summed E-state index contributed by atoms with van der Waals surface area (Å²) < 4.78 is 19.7. The van der Waals surface area contributed by atoms with Crippen LogP contribution in [0.25, 0.3) is 5.76 Å². The van der Waals surface area contributed by atoms with Gasteiger partial charge in [-0.3, -0.25) is 14.5 Å². The number of benzene rings is 3. The molecule has 0 spiro atoms. The number of ketones is 1. The molecule has 7 nitrogen and oxygen atoms in total. The third-order valence-electron chi connectivity index (χ3n) is 5.96. The maximum atomic E-state index is 13.5. The van der Waals surface area contributed by atoms with Crippen molar-refractivity contribution in [1.29, 1.82) is 0 Å². The number of thioether (sulfide) groups is 1. The third kappa shape index (κ3) is 5.54. The van der Waals surface area contributed by atoms with E-state index < -0.39 is 29.3 Å². The maximum Gasteiger partial charge on any atom is 0.301 e. The van der Waals surface area contributed by atoms with Gasteiger partial charge in [-0.15, -0.1) is 10.2 Å². The van der Waals surface area contributed by atoms with Crippen molar-refractivity contribution in [1.82, 2.24) is 10.2 Å². The molecule has 1 amide bonds. The number of Topliss-reactive ketones (excluding diaryl/α,β-unsaturated/α-hetero) is 1. The number of anilines is 1. The Morgan fingerprint density at radius 2 is 1.87 bits per heavy atom. The molecule has 1 fully saturated rings. The fourth-order valence-electron chi connectivity index (χ4n) is 4.16. The van der Waals surface area contributed by atoms with Gasteiger partial charge in [0.1, 0.15) is 17.3 Å². The van der Waals surface area contributed by atoms with E-state index in [1.807, 2.05) is 25.1 Å². The van der Waals surface area contributed by atoms with E-state index in [0.717, 1.165) is 16.9 Å². The number of hydrogen-bond acceptors (Lipinski definition) is 8. The Morgan fingerprint density at radius 3 is 2.62 bits per heavy atom. The number of amides is 1. The van der Waals surface area contributed by atoms with Crippen molar-refractivity contribution < 1.29 is 23.8 Å². The number of nitrogens with zero attached hydrogens (tertiary/aromatic N) is 3. The molecule has 0 bridgehead atoms. The highest BCUT2D eigenvalue weighted by molar-refractivity contribution is 8.00. The second-order valence-electron chi connectivity index (χ2n) is 8.41. The van der Waals surface area contributed by atoms with Crippen molar-refractivity contribution in [2.45, 2.75) is 23.1 Å². The SMILES string of the molecule is CCOc1cccc(C2C(=C(O)c3ccc(F)cc3)C(=O)C(=O)N2c2nnc(SCc3ccccc3Cl)s2)c1. The summed E-state index contributed by atoms with van der Waals surface area (Å²) in [5, 5.41) is 20.4. The number of aliphatic hydroxyl groups is 1. The molecule has 0 saturated carbocycles. The van der Waals surface area contributed by atoms with Crippen molar-refractivity contribution in [3.63, 3.8) is 0 Å². The Hall–Kier alpha value is -3.73. The molecule has 1 aromatic heterocycles. The van der Waals surface area contributed by atoms with Crippen molar-refractivity contribution in [2.75, 3.05) is 11.5 Å². The van der Waals surface area contributed by atoms with Crippen LogP contribution in [-0.2, 0) is 15.3 Å². The van der Waals surface area contributed by atoms with Gasteiger partial charge in [-0.25, -0.2) is 4.39 Å². The van der Waals surface area contributed by atoms with Crippen molar-refractivity contribution >= 4 is 57.3 Å². The molecule has 5 rings (SSSR count). The van der Waals surface area contributed by atoms with Crippen LogP contribution in [0.15, 0.2) is 82.7 Å². The van der Waals surface area contributed by atoms with E-state index in [-0.39, 0.29) is 16.3 Å². The van der Waals surface area contributed by atoms with Crippen LogP contribution in [0.1, 0.15) is 29.7 Å². The number of ether oxygens (including phenoxy) is 1. The van der Waals surface area contributed by atoms with E-state index in [1.165, 1.54) is 40.9 Å². The zero-order chi connectivity index (χ0) is 27.5. The van der Waals surface area contributed by atoms with Crippen LogP contribution in [0.5, 0.6) is 5.75 Å². The molecule has 11 heteroatoms. The highest BCUT2D eigenvalue weighted by Crippen LogP contribution is 2.44. The summed E-state index contributed by atoms with van der Waals surface area (Å²) >= 11 is 8.82. The van der Waals surface area contributed by atoms with Crippen LogP contribution in [0.4, 0.5) is 9.52 Å². The van der Waals surface area contributed by atoms with Gasteiger partial charge in [-0.05, 0) is 60.5 Å². The first-order valence-electron chi connectivity index (χ1n) is 11.9. The highest BCUT2D eigenvalue weighted by Gasteiger charge is 2.48. The van der Waals surface area contributed by atoms with E-state index in [2.05, 4.69) is 10.2 Å². The molecule has 1 unspecified atom stereocenters. The molecule has 1 saturated heterocycles. The van der Waals surface area contributed by atoms with Crippen molar-refractivity contribution in [3.05, 3.63) is 106 Å². The Bertz CT molecular complexity index is 1580. The highest BCUT2D eigenvalue weighted by atomic mass is 35.5. The summed E-state index contributed by atoms with van der Waals surface area (Å²) in [4.78, 5) is 28.0. The van der Waals surface area contributed by atoms with Crippen LogP contribution in [0.3, 0.4) is 0 Å². The molecule has 1 aliphatic rings. The van der Waals surface area contributed by atoms with E-state index in [1.54, 1.807) is 30.3 Å². The number of aromatic nitrogens is 2. The van der Waals surface area contributed by atoms with E-state index in [0.29, 0.717) is 33.0 Å². The molecule has 1 aliphatic heterocycles. The number of hydrogen-bond donors (Lipinski definition) is 1. The zero-order valence-electron chi connectivity index (χ0n) is 20.5. The lowest BCUT2D eigenvalue weighted by Crippen LogP contribution is -2.29. The summed E-state index contributed by atoms with van der Waals surface area (Å²) in [5.41, 5.74) is 1.52. The van der Waals surface area contributed by atoms with Crippen LogP contribution >= 0.6 is 34.7 Å². The topological polar surface area (TPSA) is 92.6 Å². The summed E-state index contributed by atoms with van der Waals surface area (Å²) in [7, 11) is 0. The number of halogens is 2.